The fourth-order valence-electron chi connectivity index (χ4n) is 2.32. The van der Waals surface area contributed by atoms with Gasteiger partial charge in [-0.1, -0.05) is 44.2 Å². The average molecular weight is 312 g/mol. The van der Waals surface area contributed by atoms with Gasteiger partial charge < -0.3 is 14.6 Å². The zero-order valence-corrected chi connectivity index (χ0v) is 13.3. The molecule has 4 atom stereocenters. The Balaban J connectivity index is 2.17. The Morgan fingerprint density at radius 1 is 1.33 bits per heavy atom. The Kier molecular flexibility index (Phi) is 5.62. The highest BCUT2D eigenvalue weighted by molar-refractivity contribution is 6.31. The van der Waals surface area contributed by atoms with Crippen LogP contribution >= 0.6 is 11.6 Å². The molecule has 1 aliphatic rings. The van der Waals surface area contributed by atoms with Crippen LogP contribution in [0.1, 0.15) is 25.5 Å². The van der Waals surface area contributed by atoms with E-state index in [1.807, 2.05) is 44.2 Å². The lowest BCUT2D eigenvalue weighted by atomic mass is 10.0. The van der Waals surface area contributed by atoms with Crippen molar-refractivity contribution in [2.75, 3.05) is 13.7 Å². The minimum atomic E-state index is -0.692. The summed E-state index contributed by atoms with van der Waals surface area (Å²) in [7, 11) is 1.64. The van der Waals surface area contributed by atoms with Crippen LogP contribution in [-0.4, -0.2) is 42.2 Å². The van der Waals surface area contributed by atoms with Crippen molar-refractivity contribution in [3.05, 3.63) is 35.9 Å². The lowest BCUT2D eigenvalue weighted by Crippen LogP contribution is -2.33. The van der Waals surface area contributed by atoms with Crippen molar-refractivity contribution in [1.29, 1.82) is 0 Å². The summed E-state index contributed by atoms with van der Waals surface area (Å²) in [5, 5.41) is 9.46. The number of hydrogen-bond acceptors (Lipinski definition) is 4. The van der Waals surface area contributed by atoms with E-state index < -0.39 is 11.5 Å². The maximum absolute atomic E-state index is 10.1. The Labute approximate surface area is 130 Å². The van der Waals surface area contributed by atoms with Gasteiger partial charge in [0.25, 0.3) is 0 Å². The second-order valence-corrected chi connectivity index (χ2v) is 6.05. The summed E-state index contributed by atoms with van der Waals surface area (Å²) in [5.74, 6) is 0.434. The molecule has 0 spiro atoms. The van der Waals surface area contributed by atoms with Crippen LogP contribution in [0.2, 0.25) is 0 Å². The van der Waals surface area contributed by atoms with Gasteiger partial charge in [-0.15, -0.1) is 11.6 Å². The standard InChI is InChI=1S/C16H22ClNO3/c1-10(2)14(19)13(17)16-18-12(9-20-3)15(21-16)11-7-5-4-6-8-11/h4-8,10,12-15,19H,9H2,1-3H3/t12-,13?,14?,15-/m0/s1. The highest BCUT2D eigenvalue weighted by Crippen LogP contribution is 2.32. The van der Waals surface area contributed by atoms with Gasteiger partial charge in [0.2, 0.25) is 5.90 Å². The molecule has 2 unspecified atom stereocenters. The number of aliphatic hydroxyl groups excluding tert-OH is 1. The van der Waals surface area contributed by atoms with E-state index in [1.54, 1.807) is 7.11 Å². The summed E-state index contributed by atoms with van der Waals surface area (Å²) >= 11 is 6.30. The first kappa shape index (κ1) is 16.3. The molecule has 21 heavy (non-hydrogen) atoms. The number of ether oxygens (including phenoxy) is 2. The Bertz CT molecular complexity index is 478. The molecule has 0 saturated carbocycles. The van der Waals surface area contributed by atoms with Crippen molar-refractivity contribution in [1.82, 2.24) is 0 Å². The van der Waals surface area contributed by atoms with Gasteiger partial charge in [0, 0.05) is 7.11 Å². The normalized spacial score (nSPS) is 24.6. The minimum Gasteiger partial charge on any atom is -0.469 e. The van der Waals surface area contributed by atoms with Gasteiger partial charge in [0.1, 0.15) is 17.5 Å². The zero-order chi connectivity index (χ0) is 15.4. The summed E-state index contributed by atoms with van der Waals surface area (Å²) < 4.78 is 11.1. The van der Waals surface area contributed by atoms with Crippen LogP contribution < -0.4 is 0 Å². The number of halogens is 1. The SMILES string of the molecule is COC[C@@H]1N=C(C(Cl)C(O)C(C)C)O[C@H]1c1ccccc1. The Hall–Kier alpha value is -1.10. The van der Waals surface area contributed by atoms with E-state index >= 15 is 0 Å². The van der Waals surface area contributed by atoms with Gasteiger partial charge in [-0.2, -0.15) is 0 Å². The second kappa shape index (κ2) is 7.25. The van der Waals surface area contributed by atoms with Gasteiger partial charge in [0.05, 0.1) is 12.7 Å². The van der Waals surface area contributed by atoms with Gasteiger partial charge in [-0.3, -0.25) is 0 Å². The molecule has 116 valence electrons. The van der Waals surface area contributed by atoms with Crippen LogP contribution in [0.5, 0.6) is 0 Å². The van der Waals surface area contributed by atoms with Gasteiger partial charge in [-0.05, 0) is 11.5 Å². The summed E-state index contributed by atoms with van der Waals surface area (Å²) in [6.45, 7) is 4.28. The van der Waals surface area contributed by atoms with Crippen molar-refractivity contribution in [2.24, 2.45) is 10.9 Å². The van der Waals surface area contributed by atoms with Crippen LogP contribution in [0.25, 0.3) is 0 Å². The predicted octanol–water partition coefficient (Wildman–Crippen LogP) is 2.80. The monoisotopic (exact) mass is 311 g/mol. The third kappa shape index (κ3) is 3.76. The van der Waals surface area contributed by atoms with Crippen molar-refractivity contribution in [3.63, 3.8) is 0 Å². The number of alkyl halides is 1. The smallest absolute Gasteiger partial charge is 0.205 e. The minimum absolute atomic E-state index is 0.0375. The van der Waals surface area contributed by atoms with E-state index in [0.717, 1.165) is 5.56 Å². The van der Waals surface area contributed by atoms with E-state index in [2.05, 4.69) is 4.99 Å². The molecule has 4 nitrogen and oxygen atoms in total. The molecule has 0 bridgehead atoms. The number of rotatable bonds is 6. The van der Waals surface area contributed by atoms with E-state index in [4.69, 9.17) is 21.1 Å². The van der Waals surface area contributed by atoms with Crippen molar-refractivity contribution in [2.45, 2.75) is 37.5 Å². The van der Waals surface area contributed by atoms with Gasteiger partial charge in [-0.25, -0.2) is 4.99 Å². The number of nitrogens with zero attached hydrogens (tertiary/aromatic N) is 1. The molecule has 0 saturated heterocycles. The van der Waals surface area contributed by atoms with Crippen LogP contribution in [0.15, 0.2) is 35.3 Å². The molecule has 1 aromatic rings. The first-order valence-corrected chi connectivity index (χ1v) is 7.58. The summed E-state index contributed by atoms with van der Waals surface area (Å²) in [4.78, 5) is 4.52. The van der Waals surface area contributed by atoms with Crippen molar-refractivity contribution in [3.8, 4) is 0 Å². The van der Waals surface area contributed by atoms with Gasteiger partial charge in [0.15, 0.2) is 0 Å². The molecular weight excluding hydrogens is 290 g/mol. The second-order valence-electron chi connectivity index (χ2n) is 5.58. The fraction of sp³-hybridized carbons (Fsp3) is 0.562. The molecule has 2 rings (SSSR count). The topological polar surface area (TPSA) is 51.0 Å². The summed E-state index contributed by atoms with van der Waals surface area (Å²) in [5.41, 5.74) is 1.03. The number of aliphatic imine (C=N–C) groups is 1. The quantitative estimate of drug-likeness (QED) is 0.822. The zero-order valence-electron chi connectivity index (χ0n) is 12.6. The molecular formula is C16H22ClNO3. The Morgan fingerprint density at radius 2 is 2.00 bits per heavy atom. The first-order valence-electron chi connectivity index (χ1n) is 7.15. The maximum atomic E-state index is 10.1. The number of aliphatic hydroxyl groups is 1. The summed E-state index contributed by atoms with van der Waals surface area (Å²) in [6.07, 6.45) is -0.912. The maximum Gasteiger partial charge on any atom is 0.205 e. The molecule has 1 aliphatic heterocycles. The highest BCUT2D eigenvalue weighted by atomic mass is 35.5. The lowest BCUT2D eigenvalue weighted by molar-refractivity contribution is 0.106. The molecule has 0 aromatic heterocycles. The number of benzene rings is 1. The molecule has 5 heteroatoms. The number of hydrogen-bond donors (Lipinski definition) is 1. The van der Waals surface area contributed by atoms with E-state index in [0.29, 0.717) is 12.5 Å². The lowest BCUT2D eigenvalue weighted by Gasteiger charge is -2.21. The molecule has 1 aromatic carbocycles. The summed E-state index contributed by atoms with van der Waals surface area (Å²) in [6, 6.07) is 9.72. The molecule has 1 N–H and O–H groups in total. The molecule has 0 aliphatic carbocycles. The first-order chi connectivity index (χ1) is 10.0. The van der Waals surface area contributed by atoms with E-state index in [1.165, 1.54) is 0 Å². The fourth-order valence-corrected chi connectivity index (χ4v) is 2.72. The Morgan fingerprint density at radius 3 is 2.57 bits per heavy atom. The predicted molar refractivity (Wildman–Crippen MR) is 83.9 cm³/mol. The van der Waals surface area contributed by atoms with Crippen LogP contribution in [0, 0.1) is 5.92 Å². The molecule has 0 radical (unpaired) electrons. The third-order valence-electron chi connectivity index (χ3n) is 3.57. The average Bonchev–Trinajstić information content (AvgIpc) is 2.91. The molecule has 0 amide bonds. The highest BCUT2D eigenvalue weighted by Gasteiger charge is 2.37. The van der Waals surface area contributed by atoms with Gasteiger partial charge >= 0.3 is 0 Å². The van der Waals surface area contributed by atoms with E-state index in [-0.39, 0.29) is 18.1 Å². The largest absolute Gasteiger partial charge is 0.469 e. The molecule has 1 heterocycles. The van der Waals surface area contributed by atoms with Crippen molar-refractivity contribution < 1.29 is 14.6 Å². The van der Waals surface area contributed by atoms with Crippen LogP contribution in [0.3, 0.4) is 0 Å². The van der Waals surface area contributed by atoms with Crippen LogP contribution in [-0.2, 0) is 9.47 Å². The van der Waals surface area contributed by atoms with E-state index in [9.17, 15) is 5.11 Å². The van der Waals surface area contributed by atoms with Crippen LogP contribution in [0.4, 0.5) is 0 Å². The van der Waals surface area contributed by atoms with Crippen molar-refractivity contribution >= 4 is 17.5 Å². The number of methoxy groups -OCH3 is 1. The third-order valence-corrected chi connectivity index (χ3v) is 4.02. The molecule has 0 fully saturated rings.